The Kier molecular flexibility index (Phi) is 5.83. The number of hydrogen-bond acceptors (Lipinski definition) is 5. The van der Waals surface area contributed by atoms with Gasteiger partial charge in [0.1, 0.15) is 12.2 Å². The zero-order valence-electron chi connectivity index (χ0n) is 16.1. The molecule has 0 aliphatic heterocycles. The van der Waals surface area contributed by atoms with Gasteiger partial charge in [0.15, 0.2) is 0 Å². The number of carbonyl (C=O) groups is 2. The van der Waals surface area contributed by atoms with Gasteiger partial charge in [0.2, 0.25) is 5.91 Å². The second kappa shape index (κ2) is 8.47. The summed E-state index contributed by atoms with van der Waals surface area (Å²) >= 11 is 0. The van der Waals surface area contributed by atoms with E-state index >= 15 is 0 Å². The Morgan fingerprint density at radius 1 is 1.25 bits per heavy atom. The normalized spacial score (nSPS) is 11.8. The molecule has 0 aliphatic rings. The van der Waals surface area contributed by atoms with Gasteiger partial charge in [0.05, 0.1) is 24.1 Å². The molecule has 3 aromatic rings. The van der Waals surface area contributed by atoms with Crippen molar-refractivity contribution >= 4 is 17.5 Å². The quantitative estimate of drug-likeness (QED) is 0.646. The minimum absolute atomic E-state index is 0.0565. The average molecular weight is 381 g/mol. The molecule has 0 aromatic carbocycles. The summed E-state index contributed by atoms with van der Waals surface area (Å²) in [6.45, 7) is 6.50. The standard InChI is InChI=1S/C19H23N7O2/c1-13-8-15(3)26(24-13)10-14(2)22-18(27)12-25-11-16(9-21-25)23-19(28)17-6-4-5-7-20-17/h4-9,11,14H,10,12H2,1-3H3,(H,22,27)(H,23,28). The van der Waals surface area contributed by atoms with Crippen LogP contribution in [0.3, 0.4) is 0 Å². The lowest BCUT2D eigenvalue weighted by molar-refractivity contribution is -0.122. The van der Waals surface area contributed by atoms with Gasteiger partial charge >= 0.3 is 0 Å². The predicted molar refractivity (Wildman–Crippen MR) is 104 cm³/mol. The second-order valence-electron chi connectivity index (χ2n) is 6.67. The van der Waals surface area contributed by atoms with E-state index in [1.54, 1.807) is 30.6 Å². The van der Waals surface area contributed by atoms with Crippen molar-refractivity contribution in [2.45, 2.75) is 39.9 Å². The summed E-state index contributed by atoms with van der Waals surface area (Å²) in [5.74, 6) is -0.497. The molecule has 0 saturated carbocycles. The van der Waals surface area contributed by atoms with E-state index in [1.165, 1.54) is 10.9 Å². The number of rotatable bonds is 7. The van der Waals surface area contributed by atoms with Crippen LogP contribution in [0.2, 0.25) is 0 Å². The molecular weight excluding hydrogens is 358 g/mol. The zero-order chi connectivity index (χ0) is 20.1. The molecule has 146 valence electrons. The topological polar surface area (TPSA) is 107 Å². The lowest BCUT2D eigenvalue weighted by Crippen LogP contribution is -2.38. The first-order chi connectivity index (χ1) is 13.4. The summed E-state index contributed by atoms with van der Waals surface area (Å²) in [6, 6.07) is 7.02. The first kappa shape index (κ1) is 19.3. The largest absolute Gasteiger partial charge is 0.350 e. The summed E-state index contributed by atoms with van der Waals surface area (Å²) in [5, 5.41) is 14.2. The summed E-state index contributed by atoms with van der Waals surface area (Å²) in [5.41, 5.74) is 2.82. The summed E-state index contributed by atoms with van der Waals surface area (Å²) < 4.78 is 3.35. The minimum Gasteiger partial charge on any atom is -0.350 e. The highest BCUT2D eigenvalue weighted by molar-refractivity contribution is 6.02. The fourth-order valence-electron chi connectivity index (χ4n) is 2.84. The summed E-state index contributed by atoms with van der Waals surface area (Å²) in [4.78, 5) is 28.3. The maximum atomic E-state index is 12.3. The number of amides is 2. The number of pyridine rings is 1. The smallest absolute Gasteiger partial charge is 0.274 e. The maximum Gasteiger partial charge on any atom is 0.274 e. The summed E-state index contributed by atoms with van der Waals surface area (Å²) in [7, 11) is 0. The van der Waals surface area contributed by atoms with Gasteiger partial charge in [-0.05, 0) is 39.0 Å². The highest BCUT2D eigenvalue weighted by Crippen LogP contribution is 2.07. The third-order valence-corrected chi connectivity index (χ3v) is 4.05. The molecule has 0 spiro atoms. The predicted octanol–water partition coefficient (Wildman–Crippen LogP) is 1.55. The van der Waals surface area contributed by atoms with Gasteiger partial charge in [0, 0.05) is 24.1 Å². The number of anilines is 1. The molecule has 0 saturated heterocycles. The van der Waals surface area contributed by atoms with Crippen LogP contribution >= 0.6 is 0 Å². The molecule has 1 atom stereocenters. The number of aromatic nitrogens is 5. The van der Waals surface area contributed by atoms with E-state index in [0.717, 1.165) is 11.4 Å². The molecule has 3 rings (SSSR count). The fourth-order valence-corrected chi connectivity index (χ4v) is 2.84. The average Bonchev–Trinajstić information content (AvgIpc) is 3.20. The van der Waals surface area contributed by atoms with Crippen molar-refractivity contribution in [2.75, 3.05) is 5.32 Å². The Hall–Kier alpha value is -3.49. The van der Waals surface area contributed by atoms with Crippen LogP contribution in [0.1, 0.15) is 28.8 Å². The van der Waals surface area contributed by atoms with Gasteiger partial charge in [-0.2, -0.15) is 10.2 Å². The third-order valence-electron chi connectivity index (χ3n) is 4.05. The molecule has 1 unspecified atom stereocenters. The molecule has 0 fully saturated rings. The van der Waals surface area contributed by atoms with Crippen molar-refractivity contribution in [1.29, 1.82) is 0 Å². The van der Waals surface area contributed by atoms with Crippen molar-refractivity contribution in [3.8, 4) is 0 Å². The lowest BCUT2D eigenvalue weighted by atomic mass is 10.3. The van der Waals surface area contributed by atoms with Crippen LogP contribution in [0, 0.1) is 13.8 Å². The van der Waals surface area contributed by atoms with E-state index in [-0.39, 0.29) is 24.4 Å². The Labute approximate surface area is 162 Å². The monoisotopic (exact) mass is 381 g/mol. The highest BCUT2D eigenvalue weighted by atomic mass is 16.2. The van der Waals surface area contributed by atoms with Crippen molar-refractivity contribution < 1.29 is 9.59 Å². The van der Waals surface area contributed by atoms with Crippen LogP contribution in [0.5, 0.6) is 0 Å². The molecule has 9 heteroatoms. The third kappa shape index (κ3) is 5.03. The molecule has 0 bridgehead atoms. The Morgan fingerprint density at radius 2 is 2.07 bits per heavy atom. The number of nitrogens with one attached hydrogen (secondary N) is 2. The Morgan fingerprint density at radius 3 is 2.75 bits per heavy atom. The van der Waals surface area contributed by atoms with Crippen molar-refractivity contribution in [2.24, 2.45) is 0 Å². The molecule has 2 amide bonds. The van der Waals surface area contributed by atoms with Crippen molar-refractivity contribution in [1.82, 2.24) is 29.9 Å². The number of aryl methyl sites for hydroxylation is 2. The van der Waals surface area contributed by atoms with Gasteiger partial charge in [-0.1, -0.05) is 6.07 Å². The SMILES string of the molecule is Cc1cc(C)n(CC(C)NC(=O)Cn2cc(NC(=O)c3ccccn3)cn2)n1. The van der Waals surface area contributed by atoms with Gasteiger partial charge in [-0.15, -0.1) is 0 Å². The molecule has 3 aromatic heterocycles. The van der Waals surface area contributed by atoms with Gasteiger partial charge in [0.25, 0.3) is 5.91 Å². The lowest BCUT2D eigenvalue weighted by Gasteiger charge is -2.15. The number of carbonyl (C=O) groups excluding carboxylic acids is 2. The van der Waals surface area contributed by atoms with Gasteiger partial charge < -0.3 is 10.6 Å². The van der Waals surface area contributed by atoms with E-state index in [4.69, 9.17) is 0 Å². The van der Waals surface area contributed by atoms with Crippen LogP contribution < -0.4 is 10.6 Å². The van der Waals surface area contributed by atoms with Gasteiger partial charge in [-0.3, -0.25) is 23.9 Å². The van der Waals surface area contributed by atoms with Crippen LogP contribution in [0.25, 0.3) is 0 Å². The Balaban J connectivity index is 1.51. The molecule has 3 heterocycles. The minimum atomic E-state index is -0.330. The van der Waals surface area contributed by atoms with Crippen LogP contribution in [-0.4, -0.2) is 42.4 Å². The van der Waals surface area contributed by atoms with Crippen LogP contribution in [-0.2, 0) is 17.9 Å². The summed E-state index contributed by atoms with van der Waals surface area (Å²) in [6.07, 6.45) is 4.65. The first-order valence-corrected chi connectivity index (χ1v) is 8.96. The van der Waals surface area contributed by atoms with E-state index in [2.05, 4.69) is 25.8 Å². The first-order valence-electron chi connectivity index (χ1n) is 8.96. The van der Waals surface area contributed by atoms with E-state index in [1.807, 2.05) is 31.5 Å². The fraction of sp³-hybridized carbons (Fsp3) is 0.316. The van der Waals surface area contributed by atoms with E-state index in [0.29, 0.717) is 17.9 Å². The molecule has 0 radical (unpaired) electrons. The maximum absolute atomic E-state index is 12.3. The van der Waals surface area contributed by atoms with Crippen molar-refractivity contribution in [3.05, 3.63) is 59.9 Å². The second-order valence-corrected chi connectivity index (χ2v) is 6.67. The van der Waals surface area contributed by atoms with E-state index in [9.17, 15) is 9.59 Å². The zero-order valence-corrected chi connectivity index (χ0v) is 16.1. The number of hydrogen-bond donors (Lipinski definition) is 2. The molecule has 0 aliphatic carbocycles. The molecular formula is C19H23N7O2. The van der Waals surface area contributed by atoms with Crippen LogP contribution in [0.15, 0.2) is 42.9 Å². The Bertz CT molecular complexity index is 962. The van der Waals surface area contributed by atoms with Crippen LogP contribution in [0.4, 0.5) is 5.69 Å². The highest BCUT2D eigenvalue weighted by Gasteiger charge is 2.12. The molecule has 9 nitrogen and oxygen atoms in total. The van der Waals surface area contributed by atoms with Crippen molar-refractivity contribution in [3.63, 3.8) is 0 Å². The molecule has 28 heavy (non-hydrogen) atoms. The number of nitrogens with zero attached hydrogens (tertiary/aromatic N) is 5. The molecule has 2 N–H and O–H groups in total. The van der Waals surface area contributed by atoms with E-state index < -0.39 is 0 Å². The van der Waals surface area contributed by atoms with Gasteiger partial charge in [-0.25, -0.2) is 0 Å².